The van der Waals surface area contributed by atoms with Gasteiger partial charge in [-0.3, -0.25) is 0 Å². The summed E-state index contributed by atoms with van der Waals surface area (Å²) in [6.45, 7) is 5.65. The van der Waals surface area contributed by atoms with Gasteiger partial charge in [-0.15, -0.1) is 0 Å². The third kappa shape index (κ3) is 3.99. The van der Waals surface area contributed by atoms with E-state index in [1.54, 1.807) is 0 Å². The second-order valence-corrected chi connectivity index (χ2v) is 6.30. The van der Waals surface area contributed by atoms with Crippen LogP contribution in [0.4, 0.5) is 5.69 Å². The van der Waals surface area contributed by atoms with E-state index < -0.39 is 0 Å². The van der Waals surface area contributed by atoms with Crippen molar-refractivity contribution in [2.24, 2.45) is 0 Å². The lowest BCUT2D eigenvalue weighted by molar-refractivity contribution is 0.287. The Labute approximate surface area is 153 Å². The Hall–Kier alpha value is -2.41. The molecule has 0 aliphatic heterocycles. The van der Waals surface area contributed by atoms with Crippen molar-refractivity contribution in [3.05, 3.63) is 50.9 Å². The second kappa shape index (κ2) is 7.65. The number of ether oxygens (including phenoxy) is 2. The van der Waals surface area contributed by atoms with Crippen molar-refractivity contribution in [1.82, 2.24) is 9.97 Å². The van der Waals surface area contributed by atoms with Crippen LogP contribution in [0.2, 0.25) is 0 Å². The maximum Gasteiger partial charge on any atom is 0.323 e. The largest absolute Gasteiger partial charge is 0.490 e. The number of hydrogen-bond donors (Lipinski definition) is 3. The Bertz CT molecular complexity index is 933. The molecule has 1 heterocycles. The molecule has 0 bridgehead atoms. The Kier molecular flexibility index (Phi) is 5.33. The molecule has 0 amide bonds. The van der Waals surface area contributed by atoms with Crippen LogP contribution in [-0.4, -0.2) is 23.2 Å². The molecule has 0 aliphatic rings. The standard InChI is InChI=1S/C18H20BrN3O3/c1-3-24-16-7-11(13(19)9-17(16)25-4-2)10-20-12-5-6-14-15(8-12)22-18(23)21-14/h5-9,20H,3-4,10H2,1-2H3,(H2,21,22,23). The number of nitrogens with one attached hydrogen (secondary N) is 3. The normalized spacial score (nSPS) is 10.8. The minimum Gasteiger partial charge on any atom is -0.490 e. The molecule has 0 spiro atoms. The number of fused-ring (bicyclic) bond motifs is 1. The molecule has 0 aliphatic carbocycles. The van der Waals surface area contributed by atoms with Gasteiger partial charge in [0.05, 0.1) is 24.2 Å². The van der Waals surface area contributed by atoms with Crippen molar-refractivity contribution >= 4 is 32.7 Å². The average molecular weight is 406 g/mol. The summed E-state index contributed by atoms with van der Waals surface area (Å²) < 4.78 is 12.3. The van der Waals surface area contributed by atoms with Crippen LogP contribution in [0, 0.1) is 0 Å². The van der Waals surface area contributed by atoms with E-state index in [0.717, 1.165) is 38.3 Å². The molecule has 0 saturated heterocycles. The Balaban J connectivity index is 1.80. The highest BCUT2D eigenvalue weighted by Gasteiger charge is 2.11. The number of rotatable bonds is 7. The topological polar surface area (TPSA) is 79.1 Å². The highest BCUT2D eigenvalue weighted by molar-refractivity contribution is 9.10. The first-order valence-electron chi connectivity index (χ1n) is 8.14. The van der Waals surface area contributed by atoms with Gasteiger partial charge in [0.1, 0.15) is 0 Å². The van der Waals surface area contributed by atoms with E-state index in [9.17, 15) is 4.79 Å². The second-order valence-electron chi connectivity index (χ2n) is 5.45. The smallest absolute Gasteiger partial charge is 0.323 e. The quantitative estimate of drug-likeness (QED) is 0.554. The van der Waals surface area contributed by atoms with Gasteiger partial charge in [0, 0.05) is 16.7 Å². The van der Waals surface area contributed by atoms with Gasteiger partial charge in [-0.2, -0.15) is 0 Å². The molecule has 6 nitrogen and oxygen atoms in total. The van der Waals surface area contributed by atoms with E-state index in [-0.39, 0.29) is 5.69 Å². The summed E-state index contributed by atoms with van der Waals surface area (Å²) in [6, 6.07) is 9.60. The van der Waals surface area contributed by atoms with Crippen LogP contribution in [0.5, 0.6) is 11.5 Å². The van der Waals surface area contributed by atoms with Crippen molar-refractivity contribution in [3.63, 3.8) is 0 Å². The van der Waals surface area contributed by atoms with Crippen LogP contribution in [0.3, 0.4) is 0 Å². The number of H-pyrrole nitrogens is 2. The van der Waals surface area contributed by atoms with Gasteiger partial charge in [-0.05, 0) is 49.7 Å². The molecule has 2 aromatic carbocycles. The molecule has 3 rings (SSSR count). The Morgan fingerprint density at radius 2 is 1.68 bits per heavy atom. The average Bonchev–Trinajstić information content (AvgIpc) is 2.95. The van der Waals surface area contributed by atoms with Crippen LogP contribution >= 0.6 is 15.9 Å². The van der Waals surface area contributed by atoms with Gasteiger partial charge < -0.3 is 24.8 Å². The summed E-state index contributed by atoms with van der Waals surface area (Å²) >= 11 is 3.59. The van der Waals surface area contributed by atoms with Gasteiger partial charge in [-0.1, -0.05) is 15.9 Å². The number of imidazole rings is 1. The van der Waals surface area contributed by atoms with Crippen LogP contribution in [0.1, 0.15) is 19.4 Å². The van der Waals surface area contributed by atoms with E-state index in [0.29, 0.717) is 19.8 Å². The zero-order valence-electron chi connectivity index (χ0n) is 14.1. The zero-order valence-corrected chi connectivity index (χ0v) is 15.7. The van der Waals surface area contributed by atoms with Gasteiger partial charge in [-0.25, -0.2) is 4.79 Å². The fourth-order valence-electron chi connectivity index (χ4n) is 2.59. The van der Waals surface area contributed by atoms with Gasteiger partial charge in [0.15, 0.2) is 11.5 Å². The summed E-state index contributed by atoms with van der Waals surface area (Å²) in [5, 5.41) is 3.36. The molecule has 3 N–H and O–H groups in total. The summed E-state index contributed by atoms with van der Waals surface area (Å²) in [5.74, 6) is 1.46. The van der Waals surface area contributed by atoms with Gasteiger partial charge in [0.2, 0.25) is 0 Å². The number of hydrogen-bond acceptors (Lipinski definition) is 4. The van der Waals surface area contributed by atoms with Crippen molar-refractivity contribution in [3.8, 4) is 11.5 Å². The minimum atomic E-state index is -0.206. The molecule has 0 saturated carbocycles. The molecule has 1 aromatic heterocycles. The molecule has 0 atom stereocenters. The monoisotopic (exact) mass is 405 g/mol. The number of aromatic amines is 2. The third-order valence-corrected chi connectivity index (χ3v) is 4.45. The number of benzene rings is 2. The van der Waals surface area contributed by atoms with E-state index >= 15 is 0 Å². The lowest BCUT2D eigenvalue weighted by Gasteiger charge is -2.15. The molecule has 7 heteroatoms. The molecule has 132 valence electrons. The first-order valence-corrected chi connectivity index (χ1v) is 8.94. The first-order chi connectivity index (χ1) is 12.1. The molecule has 3 aromatic rings. The summed E-state index contributed by atoms with van der Waals surface area (Å²) in [6.07, 6.45) is 0. The van der Waals surface area contributed by atoms with Crippen LogP contribution in [0.15, 0.2) is 39.6 Å². The minimum absolute atomic E-state index is 0.206. The molecule has 0 fully saturated rings. The number of aromatic nitrogens is 2. The highest BCUT2D eigenvalue weighted by Crippen LogP contribution is 2.34. The number of halogens is 1. The van der Waals surface area contributed by atoms with E-state index in [4.69, 9.17) is 9.47 Å². The zero-order chi connectivity index (χ0) is 17.8. The predicted octanol–water partition coefficient (Wildman–Crippen LogP) is 4.03. The van der Waals surface area contributed by atoms with E-state index in [1.807, 2.05) is 44.2 Å². The SMILES string of the molecule is CCOc1cc(Br)c(CNc2ccc3[nH]c(=O)[nH]c3c2)cc1OCC. The third-order valence-electron chi connectivity index (χ3n) is 3.71. The van der Waals surface area contributed by atoms with Gasteiger partial charge >= 0.3 is 5.69 Å². The maximum atomic E-state index is 11.3. The molecular weight excluding hydrogens is 386 g/mol. The highest BCUT2D eigenvalue weighted by atomic mass is 79.9. The van der Waals surface area contributed by atoms with Crippen molar-refractivity contribution in [2.75, 3.05) is 18.5 Å². The Morgan fingerprint density at radius 3 is 2.40 bits per heavy atom. The van der Waals surface area contributed by atoms with Crippen LogP contribution in [-0.2, 0) is 6.54 Å². The van der Waals surface area contributed by atoms with Crippen LogP contribution < -0.4 is 20.5 Å². The lowest BCUT2D eigenvalue weighted by atomic mass is 10.2. The molecule has 0 unspecified atom stereocenters. The molecule has 0 radical (unpaired) electrons. The van der Waals surface area contributed by atoms with Crippen LogP contribution in [0.25, 0.3) is 11.0 Å². The summed E-state index contributed by atoms with van der Waals surface area (Å²) in [4.78, 5) is 16.8. The number of anilines is 1. The molecular formula is C18H20BrN3O3. The van der Waals surface area contributed by atoms with E-state index in [1.165, 1.54) is 0 Å². The maximum absolute atomic E-state index is 11.3. The summed E-state index contributed by atoms with van der Waals surface area (Å²) in [7, 11) is 0. The van der Waals surface area contributed by atoms with Crippen molar-refractivity contribution in [2.45, 2.75) is 20.4 Å². The summed E-state index contributed by atoms with van der Waals surface area (Å²) in [5.41, 5.74) is 3.33. The van der Waals surface area contributed by atoms with Crippen molar-refractivity contribution < 1.29 is 9.47 Å². The fourth-order valence-corrected chi connectivity index (χ4v) is 3.05. The molecule has 25 heavy (non-hydrogen) atoms. The fraction of sp³-hybridized carbons (Fsp3) is 0.278. The Morgan fingerprint density at radius 1 is 1.00 bits per heavy atom. The van der Waals surface area contributed by atoms with E-state index in [2.05, 4.69) is 31.2 Å². The first kappa shape index (κ1) is 17.4. The predicted molar refractivity (Wildman–Crippen MR) is 103 cm³/mol. The van der Waals surface area contributed by atoms with Gasteiger partial charge in [0.25, 0.3) is 0 Å². The van der Waals surface area contributed by atoms with Crippen molar-refractivity contribution in [1.29, 1.82) is 0 Å². The lowest BCUT2D eigenvalue weighted by Crippen LogP contribution is -2.03.